The number of hydrogen-bond donors (Lipinski definition) is 1. The summed E-state index contributed by atoms with van der Waals surface area (Å²) in [5.74, 6) is -2.50. The van der Waals surface area contributed by atoms with Crippen LogP contribution < -0.4 is 0 Å². The lowest BCUT2D eigenvalue weighted by Crippen LogP contribution is -2.31. The molecule has 1 rings (SSSR count). The molecule has 0 aromatic heterocycles. The maximum atomic E-state index is 13.3. The van der Waals surface area contributed by atoms with Crippen molar-refractivity contribution in [1.29, 1.82) is 0 Å². The van der Waals surface area contributed by atoms with Gasteiger partial charge in [-0.25, -0.2) is 17.6 Å². The molecule has 0 unspecified atom stereocenters. The number of hydrogen-bond acceptors (Lipinski definition) is 4. The number of carboxylic acid groups (broad SMARTS) is 1. The van der Waals surface area contributed by atoms with Crippen LogP contribution in [0.4, 0.5) is 4.39 Å². The largest absolute Gasteiger partial charge is 0.478 e. The van der Waals surface area contributed by atoms with Gasteiger partial charge in [0.25, 0.3) is 0 Å². The first-order valence-electron chi connectivity index (χ1n) is 6.27. The molecule has 0 aliphatic rings. The van der Waals surface area contributed by atoms with Gasteiger partial charge in [0.05, 0.1) is 23.2 Å². The van der Waals surface area contributed by atoms with Crippen LogP contribution in [0.2, 0.25) is 0 Å². The molecule has 6 nitrogen and oxygen atoms in total. The summed E-state index contributed by atoms with van der Waals surface area (Å²) in [5.41, 5.74) is -0.678. The van der Waals surface area contributed by atoms with Gasteiger partial charge in [0, 0.05) is 13.6 Å². The van der Waals surface area contributed by atoms with E-state index in [1.165, 1.54) is 7.05 Å². The molecule has 0 saturated carbocycles. The van der Waals surface area contributed by atoms with Crippen LogP contribution in [-0.2, 0) is 14.8 Å². The molecule has 0 spiro atoms. The Kier molecular flexibility index (Phi) is 5.82. The van der Waals surface area contributed by atoms with Crippen LogP contribution in [0, 0.1) is 5.82 Å². The van der Waals surface area contributed by atoms with E-state index >= 15 is 0 Å². The molecule has 21 heavy (non-hydrogen) atoms. The number of carboxylic acids is 1. The van der Waals surface area contributed by atoms with Crippen LogP contribution in [0.3, 0.4) is 0 Å². The number of likely N-dealkylation sites (N-methyl/N-ethyl adjacent to an activating group) is 1. The number of nitrogens with zero attached hydrogens (tertiary/aromatic N) is 1. The number of ether oxygens (including phenoxy) is 1. The van der Waals surface area contributed by atoms with Crippen molar-refractivity contribution in [3.8, 4) is 0 Å². The minimum atomic E-state index is -3.89. The van der Waals surface area contributed by atoms with Crippen molar-refractivity contribution in [2.75, 3.05) is 20.2 Å². The Bertz CT molecular complexity index is 615. The van der Waals surface area contributed by atoms with Crippen molar-refractivity contribution in [3.05, 3.63) is 29.6 Å². The molecule has 0 atom stereocenters. The summed E-state index contributed by atoms with van der Waals surface area (Å²) in [4.78, 5) is 10.6. The van der Waals surface area contributed by atoms with Gasteiger partial charge in [-0.15, -0.1) is 0 Å². The topological polar surface area (TPSA) is 83.9 Å². The van der Waals surface area contributed by atoms with Crippen LogP contribution in [0.5, 0.6) is 0 Å². The van der Waals surface area contributed by atoms with E-state index in [0.29, 0.717) is 0 Å². The molecule has 0 heterocycles. The smallest absolute Gasteiger partial charge is 0.338 e. The molecule has 0 amide bonds. The Morgan fingerprint density at radius 1 is 1.43 bits per heavy atom. The summed E-state index contributed by atoms with van der Waals surface area (Å²) in [6, 6.07) is 2.68. The molecule has 1 aromatic rings. The number of sulfonamides is 1. The second kappa shape index (κ2) is 6.97. The molecule has 0 bridgehead atoms. The Balaban J connectivity index is 2.97. The van der Waals surface area contributed by atoms with E-state index in [0.717, 1.165) is 22.5 Å². The quantitative estimate of drug-likeness (QED) is 0.824. The van der Waals surface area contributed by atoms with Gasteiger partial charge >= 0.3 is 5.97 Å². The highest BCUT2D eigenvalue weighted by atomic mass is 32.2. The third kappa shape index (κ3) is 4.48. The van der Waals surface area contributed by atoms with E-state index in [2.05, 4.69) is 0 Å². The van der Waals surface area contributed by atoms with Crippen LogP contribution in [0.25, 0.3) is 0 Å². The van der Waals surface area contributed by atoms with Gasteiger partial charge in [0.15, 0.2) is 0 Å². The second-order valence-electron chi connectivity index (χ2n) is 4.69. The van der Waals surface area contributed by atoms with E-state index in [9.17, 15) is 17.6 Å². The fourth-order valence-electron chi connectivity index (χ4n) is 1.55. The molecule has 0 aliphatic heterocycles. The van der Waals surface area contributed by atoms with Gasteiger partial charge in [0.2, 0.25) is 10.0 Å². The maximum absolute atomic E-state index is 13.3. The summed E-state index contributed by atoms with van der Waals surface area (Å²) in [6.45, 7) is 3.97. The zero-order chi connectivity index (χ0) is 16.2. The normalized spacial score (nSPS) is 12.1. The van der Waals surface area contributed by atoms with Crippen molar-refractivity contribution in [2.24, 2.45) is 0 Å². The first kappa shape index (κ1) is 17.5. The summed E-state index contributed by atoms with van der Waals surface area (Å²) in [5, 5.41) is 8.83. The average Bonchev–Trinajstić information content (AvgIpc) is 2.37. The monoisotopic (exact) mass is 319 g/mol. The van der Waals surface area contributed by atoms with Gasteiger partial charge in [-0.1, -0.05) is 0 Å². The number of halogens is 1. The van der Waals surface area contributed by atoms with E-state index in [-0.39, 0.29) is 24.2 Å². The predicted octanol–water partition coefficient (Wildman–Crippen LogP) is 1.57. The SMILES string of the molecule is CC(C)OCCN(C)S(=O)(=O)c1ccc(F)c(C(=O)O)c1. The zero-order valence-electron chi connectivity index (χ0n) is 12.0. The first-order valence-corrected chi connectivity index (χ1v) is 7.71. The molecular weight excluding hydrogens is 301 g/mol. The summed E-state index contributed by atoms with van der Waals surface area (Å²) in [7, 11) is -2.54. The van der Waals surface area contributed by atoms with Crippen molar-refractivity contribution in [1.82, 2.24) is 4.31 Å². The van der Waals surface area contributed by atoms with Crippen molar-refractivity contribution < 1.29 is 27.4 Å². The molecule has 0 saturated heterocycles. The summed E-state index contributed by atoms with van der Waals surface area (Å²) in [6.07, 6.45) is -0.0226. The number of rotatable bonds is 7. The van der Waals surface area contributed by atoms with Gasteiger partial charge < -0.3 is 9.84 Å². The molecule has 1 N–H and O–H groups in total. The fraction of sp³-hybridized carbons (Fsp3) is 0.462. The minimum absolute atomic E-state index is 0.0226. The van der Waals surface area contributed by atoms with Gasteiger partial charge in [0.1, 0.15) is 5.82 Å². The Hall–Kier alpha value is -1.51. The van der Waals surface area contributed by atoms with Crippen LogP contribution in [0.15, 0.2) is 23.1 Å². The molecule has 0 radical (unpaired) electrons. The van der Waals surface area contributed by atoms with E-state index in [1.54, 1.807) is 0 Å². The Morgan fingerprint density at radius 3 is 2.57 bits per heavy atom. The van der Waals surface area contributed by atoms with Gasteiger partial charge in [-0.2, -0.15) is 4.31 Å². The number of aromatic carboxylic acids is 1. The lowest BCUT2D eigenvalue weighted by Gasteiger charge is -2.18. The predicted molar refractivity (Wildman–Crippen MR) is 74.3 cm³/mol. The Morgan fingerprint density at radius 2 is 2.05 bits per heavy atom. The van der Waals surface area contributed by atoms with E-state index < -0.39 is 27.4 Å². The fourth-order valence-corrected chi connectivity index (χ4v) is 2.73. The van der Waals surface area contributed by atoms with E-state index in [1.807, 2.05) is 13.8 Å². The lowest BCUT2D eigenvalue weighted by molar-refractivity contribution is 0.0690. The van der Waals surface area contributed by atoms with Crippen molar-refractivity contribution >= 4 is 16.0 Å². The van der Waals surface area contributed by atoms with Gasteiger partial charge in [-0.05, 0) is 32.0 Å². The Labute approximate surface area is 123 Å². The van der Waals surface area contributed by atoms with Crippen LogP contribution in [0.1, 0.15) is 24.2 Å². The van der Waals surface area contributed by atoms with Crippen molar-refractivity contribution in [3.63, 3.8) is 0 Å². The minimum Gasteiger partial charge on any atom is -0.478 e. The van der Waals surface area contributed by atoms with Crippen LogP contribution in [-0.4, -0.2) is 50.1 Å². The standard InChI is InChI=1S/C13H18FNO5S/c1-9(2)20-7-6-15(3)21(18,19)10-4-5-12(14)11(8-10)13(16)17/h4-5,8-9H,6-7H2,1-3H3,(H,16,17). The molecular formula is C13H18FNO5S. The molecule has 118 valence electrons. The number of benzene rings is 1. The summed E-state index contributed by atoms with van der Waals surface area (Å²) >= 11 is 0. The van der Waals surface area contributed by atoms with Crippen LogP contribution >= 0.6 is 0 Å². The van der Waals surface area contributed by atoms with Gasteiger partial charge in [-0.3, -0.25) is 0 Å². The molecule has 0 fully saturated rings. The molecule has 1 aromatic carbocycles. The highest BCUT2D eigenvalue weighted by Gasteiger charge is 2.23. The third-order valence-electron chi connectivity index (χ3n) is 2.73. The molecule has 0 aliphatic carbocycles. The number of carbonyl (C=O) groups is 1. The molecule has 8 heteroatoms. The summed E-state index contributed by atoms with van der Waals surface area (Å²) < 4.78 is 44.1. The zero-order valence-corrected chi connectivity index (χ0v) is 12.9. The second-order valence-corrected chi connectivity index (χ2v) is 6.74. The highest BCUT2D eigenvalue weighted by Crippen LogP contribution is 2.18. The lowest BCUT2D eigenvalue weighted by atomic mass is 10.2. The third-order valence-corrected chi connectivity index (χ3v) is 4.59. The van der Waals surface area contributed by atoms with Crippen molar-refractivity contribution in [2.45, 2.75) is 24.8 Å². The average molecular weight is 319 g/mol. The highest BCUT2D eigenvalue weighted by molar-refractivity contribution is 7.89. The maximum Gasteiger partial charge on any atom is 0.338 e. The van der Waals surface area contributed by atoms with E-state index in [4.69, 9.17) is 9.84 Å². The first-order chi connectivity index (χ1) is 9.66.